The number of carboxylic acid groups (broad SMARTS) is 1. The predicted molar refractivity (Wildman–Crippen MR) is 102 cm³/mol. The van der Waals surface area contributed by atoms with Gasteiger partial charge in [0, 0.05) is 10.0 Å². The van der Waals surface area contributed by atoms with Crippen molar-refractivity contribution >= 4 is 45.3 Å². The zero-order valence-corrected chi connectivity index (χ0v) is 15.4. The molecule has 0 aromatic heterocycles. The zero-order chi connectivity index (χ0) is 18.7. The van der Waals surface area contributed by atoms with Gasteiger partial charge in [0.05, 0.1) is 17.0 Å². The fourth-order valence-electron chi connectivity index (χ4n) is 2.49. The molecule has 1 aliphatic heterocycles. The van der Waals surface area contributed by atoms with E-state index in [1.807, 2.05) is 18.2 Å². The molecule has 6 nitrogen and oxygen atoms in total. The van der Waals surface area contributed by atoms with E-state index in [0.717, 1.165) is 4.47 Å². The molecule has 0 spiro atoms. The summed E-state index contributed by atoms with van der Waals surface area (Å²) in [6.07, 6.45) is 1.66. The molecule has 0 atom stereocenters. The van der Waals surface area contributed by atoms with E-state index in [1.165, 1.54) is 5.01 Å². The molecule has 0 bridgehead atoms. The second-order valence-corrected chi connectivity index (χ2v) is 6.48. The Balaban J connectivity index is 1.92. The van der Waals surface area contributed by atoms with Gasteiger partial charge in [-0.15, -0.1) is 0 Å². The maximum absolute atomic E-state index is 12.8. The number of benzene rings is 2. The van der Waals surface area contributed by atoms with Gasteiger partial charge >= 0.3 is 5.97 Å². The number of hydrogen-bond donors (Lipinski definition) is 1. The Kier molecular flexibility index (Phi) is 5.18. The molecule has 0 radical (unpaired) electrons. The quantitative estimate of drug-likeness (QED) is 0.756. The van der Waals surface area contributed by atoms with Crippen molar-refractivity contribution in [3.63, 3.8) is 0 Å². The molecule has 0 aliphatic carbocycles. The van der Waals surface area contributed by atoms with Gasteiger partial charge in [0.25, 0.3) is 5.91 Å². The fraction of sp³-hybridized carbons (Fsp3) is 0.105. The van der Waals surface area contributed by atoms with E-state index in [9.17, 15) is 9.59 Å². The van der Waals surface area contributed by atoms with Crippen molar-refractivity contribution in [1.29, 1.82) is 0 Å². The first kappa shape index (κ1) is 17.9. The Morgan fingerprint density at radius 3 is 2.77 bits per heavy atom. The molecule has 0 saturated heterocycles. The molecule has 3 rings (SSSR count). The van der Waals surface area contributed by atoms with Crippen LogP contribution in [0, 0.1) is 0 Å². The van der Waals surface area contributed by atoms with Crippen LogP contribution in [0.3, 0.4) is 0 Å². The summed E-state index contributed by atoms with van der Waals surface area (Å²) < 4.78 is 6.14. The first-order valence-electron chi connectivity index (χ1n) is 7.76. The molecule has 2 aromatic carbocycles. The molecule has 1 N–H and O–H groups in total. The highest BCUT2D eigenvalue weighted by atomic mass is 79.9. The average molecular weight is 415 g/mol. The van der Waals surface area contributed by atoms with Crippen LogP contribution in [0.2, 0.25) is 0 Å². The Morgan fingerprint density at radius 2 is 2.04 bits per heavy atom. The standard InChI is InChI=1S/C19H15BrN2O4/c1-12-16(9-13-5-2-3-8-17(13)26-11-18(23)24)19(25)22(21-12)15-7-4-6-14(20)10-15/h2-10H,11H2,1H3,(H,23,24). The van der Waals surface area contributed by atoms with Crippen LogP contribution in [0.4, 0.5) is 5.69 Å². The molecule has 0 unspecified atom stereocenters. The summed E-state index contributed by atoms with van der Waals surface area (Å²) in [4.78, 5) is 23.5. The third-order valence-corrected chi connectivity index (χ3v) is 4.18. The lowest BCUT2D eigenvalue weighted by atomic mass is 10.1. The average Bonchev–Trinajstić information content (AvgIpc) is 2.89. The van der Waals surface area contributed by atoms with Crippen LogP contribution in [-0.4, -0.2) is 29.3 Å². The van der Waals surface area contributed by atoms with E-state index >= 15 is 0 Å². The fourth-order valence-corrected chi connectivity index (χ4v) is 2.88. The number of halogens is 1. The predicted octanol–water partition coefficient (Wildman–Crippen LogP) is 3.72. The van der Waals surface area contributed by atoms with E-state index in [0.29, 0.717) is 28.3 Å². The molecule has 7 heteroatoms. The van der Waals surface area contributed by atoms with Gasteiger partial charge in [-0.3, -0.25) is 4.79 Å². The third kappa shape index (κ3) is 3.83. The lowest BCUT2D eigenvalue weighted by Gasteiger charge is -2.12. The van der Waals surface area contributed by atoms with E-state index in [-0.39, 0.29) is 5.91 Å². The van der Waals surface area contributed by atoms with Crippen LogP contribution in [-0.2, 0) is 9.59 Å². The largest absolute Gasteiger partial charge is 0.481 e. The van der Waals surface area contributed by atoms with Crippen LogP contribution in [0.1, 0.15) is 12.5 Å². The summed E-state index contributed by atoms with van der Waals surface area (Å²) in [6.45, 7) is 1.30. The minimum atomic E-state index is -1.07. The summed E-state index contributed by atoms with van der Waals surface area (Å²) >= 11 is 3.39. The number of hydrogen-bond acceptors (Lipinski definition) is 4. The van der Waals surface area contributed by atoms with E-state index < -0.39 is 12.6 Å². The molecule has 0 fully saturated rings. The molecular formula is C19H15BrN2O4. The molecule has 26 heavy (non-hydrogen) atoms. The number of carbonyl (C=O) groups excluding carboxylic acids is 1. The normalized spacial score (nSPS) is 15.3. The topological polar surface area (TPSA) is 79.2 Å². The zero-order valence-electron chi connectivity index (χ0n) is 13.8. The number of hydrazone groups is 1. The van der Waals surface area contributed by atoms with Crippen LogP contribution in [0.5, 0.6) is 5.75 Å². The van der Waals surface area contributed by atoms with Crippen molar-refractivity contribution in [2.75, 3.05) is 11.6 Å². The van der Waals surface area contributed by atoms with Crippen LogP contribution >= 0.6 is 15.9 Å². The number of carboxylic acids is 1. The minimum absolute atomic E-state index is 0.256. The van der Waals surface area contributed by atoms with Crippen molar-refractivity contribution in [1.82, 2.24) is 0 Å². The highest BCUT2D eigenvalue weighted by molar-refractivity contribution is 9.10. The summed E-state index contributed by atoms with van der Waals surface area (Å²) in [5.41, 5.74) is 2.27. The monoisotopic (exact) mass is 414 g/mol. The molecule has 2 aromatic rings. The molecular weight excluding hydrogens is 400 g/mol. The number of nitrogens with zero attached hydrogens (tertiary/aromatic N) is 2. The van der Waals surface area contributed by atoms with Gasteiger partial charge in [0.15, 0.2) is 6.61 Å². The van der Waals surface area contributed by atoms with Crippen molar-refractivity contribution in [3.8, 4) is 5.75 Å². The summed E-state index contributed by atoms with van der Waals surface area (Å²) in [5.74, 6) is -0.930. The minimum Gasteiger partial charge on any atom is -0.481 e. The maximum atomic E-state index is 12.8. The third-order valence-electron chi connectivity index (χ3n) is 3.69. The summed E-state index contributed by atoms with van der Waals surface area (Å²) in [7, 11) is 0. The lowest BCUT2D eigenvalue weighted by molar-refractivity contribution is -0.139. The van der Waals surface area contributed by atoms with Crippen LogP contribution < -0.4 is 9.75 Å². The number of para-hydroxylation sites is 1. The van der Waals surface area contributed by atoms with Crippen molar-refractivity contribution in [2.45, 2.75) is 6.92 Å². The van der Waals surface area contributed by atoms with Gasteiger partial charge in [0.2, 0.25) is 0 Å². The molecule has 1 amide bonds. The van der Waals surface area contributed by atoms with E-state index in [1.54, 1.807) is 43.3 Å². The van der Waals surface area contributed by atoms with Crippen molar-refractivity contribution in [2.24, 2.45) is 5.10 Å². The highest BCUT2D eigenvalue weighted by Crippen LogP contribution is 2.29. The Labute approximate surface area is 158 Å². The number of ether oxygens (including phenoxy) is 1. The first-order valence-corrected chi connectivity index (χ1v) is 8.56. The van der Waals surface area contributed by atoms with E-state index in [2.05, 4.69) is 21.0 Å². The number of aliphatic carboxylic acids is 1. The van der Waals surface area contributed by atoms with Gasteiger partial charge in [-0.25, -0.2) is 4.79 Å². The second-order valence-electron chi connectivity index (χ2n) is 5.56. The van der Waals surface area contributed by atoms with Crippen LogP contribution in [0.25, 0.3) is 6.08 Å². The SMILES string of the molecule is CC1=NN(c2cccc(Br)c2)C(=O)C1=Cc1ccccc1OCC(=O)O. The van der Waals surface area contributed by atoms with Crippen molar-refractivity contribution in [3.05, 3.63) is 64.1 Å². The number of amides is 1. The summed E-state index contributed by atoms with van der Waals surface area (Å²) in [5, 5.41) is 14.5. The molecule has 1 aliphatic rings. The van der Waals surface area contributed by atoms with Crippen molar-refractivity contribution < 1.29 is 19.4 Å². The Morgan fingerprint density at radius 1 is 1.27 bits per heavy atom. The van der Waals surface area contributed by atoms with Gasteiger partial charge < -0.3 is 9.84 Å². The lowest BCUT2D eigenvalue weighted by Crippen LogP contribution is -2.21. The maximum Gasteiger partial charge on any atom is 0.341 e. The number of anilines is 1. The molecule has 0 saturated carbocycles. The van der Waals surface area contributed by atoms with Gasteiger partial charge in [-0.05, 0) is 37.3 Å². The first-order chi connectivity index (χ1) is 12.5. The Bertz CT molecular complexity index is 937. The van der Waals surface area contributed by atoms with E-state index in [4.69, 9.17) is 9.84 Å². The van der Waals surface area contributed by atoms with Gasteiger partial charge in [-0.2, -0.15) is 10.1 Å². The molecule has 132 valence electrons. The van der Waals surface area contributed by atoms with Gasteiger partial charge in [-0.1, -0.05) is 40.2 Å². The molecule has 1 heterocycles. The second kappa shape index (κ2) is 7.53. The van der Waals surface area contributed by atoms with Crippen LogP contribution in [0.15, 0.2) is 63.7 Å². The smallest absolute Gasteiger partial charge is 0.341 e. The number of rotatable bonds is 5. The Hall–Kier alpha value is -2.93. The van der Waals surface area contributed by atoms with Gasteiger partial charge in [0.1, 0.15) is 5.75 Å². The highest BCUT2D eigenvalue weighted by Gasteiger charge is 2.29. The number of carbonyl (C=O) groups is 2. The summed E-state index contributed by atoms with van der Waals surface area (Å²) in [6, 6.07) is 14.2.